The van der Waals surface area contributed by atoms with Crippen LogP contribution in [0.5, 0.6) is 0 Å². The fourth-order valence-corrected chi connectivity index (χ4v) is 2.02. The molecule has 0 saturated heterocycles. The van der Waals surface area contributed by atoms with E-state index < -0.39 is 11.4 Å². The van der Waals surface area contributed by atoms with E-state index in [4.69, 9.17) is 23.2 Å². The van der Waals surface area contributed by atoms with Crippen LogP contribution >= 0.6 is 23.2 Å². The predicted molar refractivity (Wildman–Crippen MR) is 75.9 cm³/mol. The molecule has 20 heavy (non-hydrogen) atoms. The molecule has 5 nitrogen and oxygen atoms in total. The van der Waals surface area contributed by atoms with Gasteiger partial charge in [-0.05, 0) is 19.1 Å². The zero-order valence-corrected chi connectivity index (χ0v) is 12.2. The Balaban J connectivity index is 2.70. The number of esters is 1. The minimum absolute atomic E-state index is 0.278. The number of carbonyl (C=O) groups excluding carboxylic acids is 1. The third kappa shape index (κ3) is 2.55. The molecule has 0 bridgehead atoms. The monoisotopic (exact) mass is 312 g/mol. The number of aromatic nitrogens is 2. The highest BCUT2D eigenvalue weighted by atomic mass is 35.5. The number of hydrogen-bond acceptors (Lipinski definition) is 4. The number of rotatable bonds is 2. The van der Waals surface area contributed by atoms with E-state index in [0.717, 1.165) is 0 Å². The maximum Gasteiger partial charge on any atom is 0.362 e. The summed E-state index contributed by atoms with van der Waals surface area (Å²) in [5, 5.41) is 4.59. The van der Waals surface area contributed by atoms with Crippen LogP contribution in [0.4, 0.5) is 0 Å². The molecule has 0 radical (unpaired) electrons. The molecule has 0 fully saturated rings. The van der Waals surface area contributed by atoms with Crippen LogP contribution in [0.25, 0.3) is 5.69 Å². The highest BCUT2D eigenvalue weighted by molar-refractivity contribution is 6.43. The van der Waals surface area contributed by atoms with E-state index in [9.17, 15) is 9.59 Å². The Kier molecular flexibility index (Phi) is 4.11. The van der Waals surface area contributed by atoms with Crippen LogP contribution in [0.3, 0.4) is 0 Å². The summed E-state index contributed by atoms with van der Waals surface area (Å²) in [4.78, 5) is 23.4. The van der Waals surface area contributed by atoms with E-state index >= 15 is 0 Å². The van der Waals surface area contributed by atoms with Crippen molar-refractivity contribution in [3.8, 4) is 5.69 Å². The molecule has 2 aromatic rings. The van der Waals surface area contributed by atoms with Crippen molar-refractivity contribution < 1.29 is 9.53 Å². The molecule has 1 aromatic carbocycles. The Morgan fingerprint density at radius 1 is 1.35 bits per heavy atom. The van der Waals surface area contributed by atoms with Crippen molar-refractivity contribution in [2.45, 2.75) is 6.92 Å². The van der Waals surface area contributed by atoms with Crippen molar-refractivity contribution in [3.63, 3.8) is 0 Å². The van der Waals surface area contributed by atoms with E-state index in [1.54, 1.807) is 25.1 Å². The van der Waals surface area contributed by atoms with Crippen molar-refractivity contribution in [2.24, 2.45) is 0 Å². The maximum absolute atomic E-state index is 11.9. The van der Waals surface area contributed by atoms with Crippen molar-refractivity contribution in [2.75, 3.05) is 7.11 Å². The van der Waals surface area contributed by atoms with Crippen LogP contribution in [0.1, 0.15) is 16.1 Å². The van der Waals surface area contributed by atoms with Crippen LogP contribution in [0, 0.1) is 6.92 Å². The molecule has 2 rings (SSSR count). The van der Waals surface area contributed by atoms with Gasteiger partial charge < -0.3 is 4.74 Å². The van der Waals surface area contributed by atoms with Crippen LogP contribution in [-0.2, 0) is 4.74 Å². The van der Waals surface area contributed by atoms with Crippen LogP contribution < -0.4 is 5.43 Å². The minimum Gasteiger partial charge on any atom is -0.464 e. The summed E-state index contributed by atoms with van der Waals surface area (Å²) < 4.78 is 5.87. The van der Waals surface area contributed by atoms with Gasteiger partial charge in [-0.3, -0.25) is 4.79 Å². The van der Waals surface area contributed by atoms with Gasteiger partial charge in [0.2, 0.25) is 11.1 Å². The Morgan fingerprint density at radius 2 is 2.05 bits per heavy atom. The molecule has 0 atom stereocenters. The van der Waals surface area contributed by atoms with E-state index in [-0.39, 0.29) is 10.7 Å². The fourth-order valence-electron chi connectivity index (χ4n) is 1.63. The molecular formula is C13H10Cl2N2O3. The fraction of sp³-hybridized carbons (Fsp3) is 0.154. The summed E-state index contributed by atoms with van der Waals surface area (Å²) in [6.07, 6.45) is 1.48. The molecule has 0 saturated carbocycles. The topological polar surface area (TPSA) is 61.2 Å². The van der Waals surface area contributed by atoms with Gasteiger partial charge in [0, 0.05) is 11.8 Å². The zero-order chi connectivity index (χ0) is 14.9. The zero-order valence-electron chi connectivity index (χ0n) is 10.7. The molecule has 0 spiro atoms. The molecule has 0 amide bonds. The van der Waals surface area contributed by atoms with Gasteiger partial charge in [-0.25, -0.2) is 9.48 Å². The second kappa shape index (κ2) is 5.64. The highest BCUT2D eigenvalue weighted by Gasteiger charge is 2.17. The van der Waals surface area contributed by atoms with Crippen molar-refractivity contribution in [1.29, 1.82) is 0 Å². The lowest BCUT2D eigenvalue weighted by atomic mass is 10.2. The van der Waals surface area contributed by atoms with Gasteiger partial charge in [-0.15, -0.1) is 0 Å². The lowest BCUT2D eigenvalue weighted by Gasteiger charge is -2.10. The minimum atomic E-state index is -0.800. The molecule has 104 valence electrons. The third-order valence-corrected chi connectivity index (χ3v) is 3.46. The molecule has 1 heterocycles. The second-order valence-electron chi connectivity index (χ2n) is 4.00. The smallest absolute Gasteiger partial charge is 0.362 e. The summed E-state index contributed by atoms with van der Waals surface area (Å²) in [5.74, 6) is -0.800. The van der Waals surface area contributed by atoms with Gasteiger partial charge in [-0.2, -0.15) is 5.10 Å². The molecule has 0 aliphatic heterocycles. The van der Waals surface area contributed by atoms with Crippen molar-refractivity contribution >= 4 is 29.2 Å². The van der Waals surface area contributed by atoms with E-state index in [1.165, 1.54) is 18.0 Å². The van der Waals surface area contributed by atoms with Crippen LogP contribution in [0.2, 0.25) is 10.0 Å². The summed E-state index contributed by atoms with van der Waals surface area (Å²) >= 11 is 12.0. The van der Waals surface area contributed by atoms with Crippen molar-refractivity contribution in [3.05, 3.63) is 55.9 Å². The summed E-state index contributed by atoms with van der Waals surface area (Å²) in [7, 11) is 1.18. The summed E-state index contributed by atoms with van der Waals surface area (Å²) in [5.41, 5.74) is 0.0265. The first-order valence-corrected chi connectivity index (χ1v) is 6.34. The average Bonchev–Trinajstić information content (AvgIpc) is 2.44. The number of aryl methyl sites for hydroxylation is 1. The average molecular weight is 313 g/mol. The first kappa shape index (κ1) is 14.6. The highest BCUT2D eigenvalue weighted by Crippen LogP contribution is 2.27. The quantitative estimate of drug-likeness (QED) is 0.800. The molecule has 0 unspecified atom stereocenters. The Labute approximate surface area is 124 Å². The normalized spacial score (nSPS) is 10.4. The SMILES string of the molecule is COC(=O)c1nn(-c2cccc(Cl)c2Cl)cc(C)c1=O. The van der Waals surface area contributed by atoms with E-state index in [1.807, 2.05) is 0 Å². The van der Waals surface area contributed by atoms with E-state index in [0.29, 0.717) is 16.3 Å². The first-order chi connectivity index (χ1) is 9.45. The number of nitrogens with zero attached hydrogens (tertiary/aromatic N) is 2. The standard InChI is InChI=1S/C13H10Cl2N2O3/c1-7-6-17(9-5-3-4-8(14)10(9)15)16-11(12(7)18)13(19)20-2/h3-6H,1-2H3. The Bertz CT molecular complexity index is 741. The van der Waals surface area contributed by atoms with Crippen LogP contribution in [-0.4, -0.2) is 22.9 Å². The van der Waals surface area contributed by atoms with Gasteiger partial charge in [0.25, 0.3) is 0 Å². The number of benzene rings is 1. The lowest BCUT2D eigenvalue weighted by molar-refractivity contribution is 0.0590. The molecule has 7 heteroatoms. The van der Waals surface area contributed by atoms with Crippen molar-refractivity contribution in [1.82, 2.24) is 9.78 Å². The summed E-state index contributed by atoms with van der Waals surface area (Å²) in [6, 6.07) is 4.99. The molecule has 0 N–H and O–H groups in total. The predicted octanol–water partition coefficient (Wildman–Crippen LogP) is 2.63. The summed E-state index contributed by atoms with van der Waals surface area (Å²) in [6.45, 7) is 1.57. The molecule has 0 aliphatic rings. The Morgan fingerprint density at radius 3 is 2.70 bits per heavy atom. The third-order valence-electron chi connectivity index (χ3n) is 2.65. The number of hydrogen-bond donors (Lipinski definition) is 0. The van der Waals surface area contributed by atoms with Gasteiger partial charge in [0.1, 0.15) is 0 Å². The molecular weight excluding hydrogens is 303 g/mol. The number of carbonyl (C=O) groups is 1. The number of methoxy groups -OCH3 is 1. The van der Waals surface area contributed by atoms with Gasteiger partial charge in [0.15, 0.2) is 0 Å². The lowest BCUT2D eigenvalue weighted by Crippen LogP contribution is -2.24. The van der Waals surface area contributed by atoms with Gasteiger partial charge >= 0.3 is 5.97 Å². The molecule has 0 aliphatic carbocycles. The number of halogens is 2. The molecule has 1 aromatic heterocycles. The van der Waals surface area contributed by atoms with E-state index in [2.05, 4.69) is 9.84 Å². The van der Waals surface area contributed by atoms with Gasteiger partial charge in [-0.1, -0.05) is 29.3 Å². The second-order valence-corrected chi connectivity index (χ2v) is 4.78. The first-order valence-electron chi connectivity index (χ1n) is 5.59. The van der Waals surface area contributed by atoms with Gasteiger partial charge in [0.05, 0.1) is 22.8 Å². The van der Waals surface area contributed by atoms with Crippen LogP contribution in [0.15, 0.2) is 29.2 Å². The largest absolute Gasteiger partial charge is 0.464 e. The Hall–Kier alpha value is -1.85. The maximum atomic E-state index is 11.9. The number of ether oxygens (including phenoxy) is 1.